The van der Waals surface area contributed by atoms with Crippen LogP contribution in [0.5, 0.6) is 0 Å². The minimum Gasteiger partial charge on any atom is -0.289 e. The van der Waals surface area contributed by atoms with Crippen molar-refractivity contribution in [3.63, 3.8) is 0 Å². The number of nitro benzene ring substituents is 1. The number of halogens is 2. The Morgan fingerprint density at radius 1 is 0.895 bits per heavy atom. The van der Waals surface area contributed by atoms with Crippen LogP contribution in [0, 0.1) is 10.1 Å². The fourth-order valence-corrected chi connectivity index (χ4v) is 2.50. The zero-order valence-electron chi connectivity index (χ0n) is 9.31. The van der Waals surface area contributed by atoms with E-state index in [1.54, 1.807) is 12.1 Å². The number of rotatable bonds is 1. The second kappa shape index (κ2) is 4.05. The number of carbonyl (C=O) groups excluding carboxylic acids is 1. The van der Waals surface area contributed by atoms with E-state index in [0.717, 1.165) is 0 Å². The SMILES string of the molecule is O=C1c2cc([N+](=O)[O-])ccc2-c2cc(Cl)c(Cl)cc21. The zero-order chi connectivity index (χ0) is 13.7. The smallest absolute Gasteiger partial charge is 0.270 e. The van der Waals surface area contributed by atoms with Gasteiger partial charge in [-0.1, -0.05) is 23.2 Å². The van der Waals surface area contributed by atoms with Gasteiger partial charge >= 0.3 is 0 Å². The van der Waals surface area contributed by atoms with Gasteiger partial charge in [0.2, 0.25) is 0 Å². The van der Waals surface area contributed by atoms with Gasteiger partial charge in [-0.2, -0.15) is 0 Å². The van der Waals surface area contributed by atoms with E-state index >= 15 is 0 Å². The second-order valence-corrected chi connectivity index (χ2v) is 4.94. The minimum atomic E-state index is -0.531. The van der Waals surface area contributed by atoms with E-state index in [0.29, 0.717) is 27.3 Å². The lowest BCUT2D eigenvalue weighted by Crippen LogP contribution is -1.96. The normalized spacial score (nSPS) is 12.2. The van der Waals surface area contributed by atoms with Gasteiger partial charge in [-0.3, -0.25) is 14.9 Å². The fourth-order valence-electron chi connectivity index (χ4n) is 2.17. The Kier molecular flexibility index (Phi) is 2.59. The maximum Gasteiger partial charge on any atom is 0.270 e. The van der Waals surface area contributed by atoms with Gasteiger partial charge in [0.15, 0.2) is 5.78 Å². The van der Waals surface area contributed by atoms with Crippen molar-refractivity contribution in [3.8, 4) is 11.1 Å². The van der Waals surface area contributed by atoms with Crippen LogP contribution in [0.2, 0.25) is 10.0 Å². The maximum atomic E-state index is 12.2. The minimum absolute atomic E-state index is 0.114. The molecule has 0 aromatic heterocycles. The summed E-state index contributed by atoms with van der Waals surface area (Å²) in [4.78, 5) is 22.4. The predicted octanol–water partition coefficient (Wildman–Crippen LogP) is 4.11. The van der Waals surface area contributed by atoms with Gasteiger partial charge in [-0.05, 0) is 29.3 Å². The van der Waals surface area contributed by atoms with Crippen LogP contribution in [0.15, 0.2) is 30.3 Å². The summed E-state index contributed by atoms with van der Waals surface area (Å²) in [6, 6.07) is 7.30. The molecule has 0 bridgehead atoms. The molecule has 0 heterocycles. The van der Waals surface area contributed by atoms with Crippen LogP contribution in [0.4, 0.5) is 5.69 Å². The first-order valence-electron chi connectivity index (χ1n) is 5.31. The van der Waals surface area contributed by atoms with Gasteiger partial charge in [0, 0.05) is 23.3 Å². The molecule has 0 saturated carbocycles. The molecular weight excluding hydrogens is 289 g/mol. The molecule has 0 fully saturated rings. The predicted molar refractivity (Wildman–Crippen MR) is 72.0 cm³/mol. The fraction of sp³-hybridized carbons (Fsp3) is 0. The molecule has 0 unspecified atom stereocenters. The first-order valence-corrected chi connectivity index (χ1v) is 6.07. The van der Waals surface area contributed by atoms with Crippen LogP contribution in [-0.2, 0) is 0 Å². The van der Waals surface area contributed by atoms with Crippen molar-refractivity contribution in [2.75, 3.05) is 0 Å². The summed E-state index contributed by atoms with van der Waals surface area (Å²) in [6.45, 7) is 0. The first-order chi connectivity index (χ1) is 8.99. The molecule has 19 heavy (non-hydrogen) atoms. The number of non-ortho nitro benzene ring substituents is 1. The van der Waals surface area contributed by atoms with Gasteiger partial charge in [0.05, 0.1) is 15.0 Å². The van der Waals surface area contributed by atoms with E-state index in [1.165, 1.54) is 18.2 Å². The monoisotopic (exact) mass is 293 g/mol. The van der Waals surface area contributed by atoms with Gasteiger partial charge in [0.1, 0.15) is 0 Å². The number of benzene rings is 2. The summed E-state index contributed by atoms with van der Waals surface area (Å²) < 4.78 is 0. The van der Waals surface area contributed by atoms with E-state index < -0.39 is 4.92 Å². The van der Waals surface area contributed by atoms with Crippen molar-refractivity contribution in [1.29, 1.82) is 0 Å². The Morgan fingerprint density at radius 3 is 2.11 bits per heavy atom. The highest BCUT2D eigenvalue weighted by molar-refractivity contribution is 6.43. The van der Waals surface area contributed by atoms with Crippen molar-refractivity contribution in [2.24, 2.45) is 0 Å². The lowest BCUT2D eigenvalue weighted by molar-refractivity contribution is -0.384. The number of hydrogen-bond donors (Lipinski definition) is 0. The average Bonchev–Trinajstić information content (AvgIpc) is 2.64. The number of ketones is 1. The van der Waals surface area contributed by atoms with Gasteiger partial charge < -0.3 is 0 Å². The van der Waals surface area contributed by atoms with Crippen molar-refractivity contribution in [2.45, 2.75) is 0 Å². The summed E-state index contributed by atoms with van der Waals surface area (Å²) in [7, 11) is 0. The van der Waals surface area contributed by atoms with Gasteiger partial charge in [0.25, 0.3) is 5.69 Å². The Labute approximate surface area is 117 Å². The molecule has 0 spiro atoms. The van der Waals surface area contributed by atoms with E-state index in [9.17, 15) is 14.9 Å². The van der Waals surface area contributed by atoms with Crippen LogP contribution >= 0.6 is 23.2 Å². The quantitative estimate of drug-likeness (QED) is 0.501. The molecule has 6 heteroatoms. The molecule has 94 valence electrons. The van der Waals surface area contributed by atoms with E-state index in [4.69, 9.17) is 23.2 Å². The molecule has 0 saturated heterocycles. The molecule has 2 aromatic carbocycles. The molecule has 3 rings (SSSR count). The molecule has 4 nitrogen and oxygen atoms in total. The van der Waals surface area contributed by atoms with E-state index in [1.807, 2.05) is 0 Å². The lowest BCUT2D eigenvalue weighted by Gasteiger charge is -2.01. The highest BCUT2D eigenvalue weighted by Crippen LogP contribution is 2.41. The van der Waals surface area contributed by atoms with E-state index in [-0.39, 0.29) is 16.5 Å². The van der Waals surface area contributed by atoms with Crippen molar-refractivity contribution in [3.05, 3.63) is 61.6 Å². The van der Waals surface area contributed by atoms with Gasteiger partial charge in [-0.15, -0.1) is 0 Å². The molecule has 0 aliphatic heterocycles. The molecular formula is C13H5Cl2NO3. The largest absolute Gasteiger partial charge is 0.289 e. The molecule has 1 aliphatic rings. The highest BCUT2D eigenvalue weighted by atomic mass is 35.5. The Bertz CT molecular complexity index is 756. The maximum absolute atomic E-state index is 12.2. The zero-order valence-corrected chi connectivity index (χ0v) is 10.8. The van der Waals surface area contributed by atoms with Crippen LogP contribution in [0.1, 0.15) is 15.9 Å². The molecule has 2 aromatic rings. The lowest BCUT2D eigenvalue weighted by atomic mass is 10.1. The van der Waals surface area contributed by atoms with Crippen LogP contribution in [0.3, 0.4) is 0 Å². The molecule has 0 radical (unpaired) electrons. The summed E-state index contributed by atoms with van der Waals surface area (Å²) in [5.41, 5.74) is 1.91. The summed E-state index contributed by atoms with van der Waals surface area (Å²) in [6.07, 6.45) is 0. The number of hydrogen-bond acceptors (Lipinski definition) is 3. The Morgan fingerprint density at radius 2 is 1.47 bits per heavy atom. The Balaban J connectivity index is 2.28. The summed E-state index contributed by atoms with van der Waals surface area (Å²) >= 11 is 11.8. The number of nitrogens with zero attached hydrogens (tertiary/aromatic N) is 1. The Hall–Kier alpha value is -1.91. The third kappa shape index (κ3) is 1.72. The van der Waals surface area contributed by atoms with E-state index in [2.05, 4.69) is 0 Å². The van der Waals surface area contributed by atoms with Crippen molar-refractivity contribution < 1.29 is 9.72 Å². The molecule has 1 aliphatic carbocycles. The van der Waals surface area contributed by atoms with Crippen molar-refractivity contribution >= 4 is 34.7 Å². The molecule has 0 atom stereocenters. The van der Waals surface area contributed by atoms with Crippen LogP contribution in [-0.4, -0.2) is 10.7 Å². The average molecular weight is 294 g/mol. The summed E-state index contributed by atoms with van der Waals surface area (Å²) in [5.74, 6) is -0.271. The number of fused-ring (bicyclic) bond motifs is 3. The molecule has 0 amide bonds. The molecule has 0 N–H and O–H groups in total. The number of nitro groups is 1. The van der Waals surface area contributed by atoms with Crippen LogP contribution < -0.4 is 0 Å². The third-order valence-electron chi connectivity index (χ3n) is 3.05. The van der Waals surface area contributed by atoms with Crippen molar-refractivity contribution in [1.82, 2.24) is 0 Å². The standard InChI is InChI=1S/C13H5Cl2NO3/c14-11-4-8-7-2-1-6(16(18)19)3-9(7)13(17)10(8)5-12(11)15/h1-5H. The van der Waals surface area contributed by atoms with Gasteiger partial charge in [-0.25, -0.2) is 0 Å². The second-order valence-electron chi connectivity index (χ2n) is 4.13. The summed E-state index contributed by atoms with van der Waals surface area (Å²) in [5, 5.41) is 11.4. The van der Waals surface area contributed by atoms with Crippen LogP contribution in [0.25, 0.3) is 11.1 Å². The third-order valence-corrected chi connectivity index (χ3v) is 3.78. The first kappa shape index (κ1) is 12.1. The highest BCUT2D eigenvalue weighted by Gasteiger charge is 2.29. The number of carbonyl (C=O) groups is 1. The topological polar surface area (TPSA) is 60.2 Å².